The fraction of sp³-hybridized carbons (Fsp3) is 0.0435. The number of rotatable bonds is 5. The molecule has 4 rings (SSSR count). The molecule has 144 valence electrons. The van der Waals surface area contributed by atoms with E-state index < -0.39 is 11.5 Å². The van der Waals surface area contributed by atoms with Gasteiger partial charge >= 0.3 is 5.63 Å². The summed E-state index contributed by atoms with van der Waals surface area (Å²) in [5.74, 6) is 1.24. The molecular formula is C23H17NO5. The molecule has 1 aromatic heterocycles. The lowest BCUT2D eigenvalue weighted by atomic mass is 10.1. The number of para-hydroxylation sites is 3. The number of fused-ring (bicyclic) bond motifs is 1. The number of methoxy groups -OCH3 is 1. The van der Waals surface area contributed by atoms with Gasteiger partial charge in [0.25, 0.3) is 5.91 Å². The number of hydrogen-bond acceptors (Lipinski definition) is 5. The second kappa shape index (κ2) is 7.90. The van der Waals surface area contributed by atoms with Gasteiger partial charge in [0, 0.05) is 11.1 Å². The molecule has 0 saturated carbocycles. The van der Waals surface area contributed by atoms with Crippen molar-refractivity contribution in [1.82, 2.24) is 0 Å². The van der Waals surface area contributed by atoms with Gasteiger partial charge in [-0.3, -0.25) is 4.79 Å². The van der Waals surface area contributed by atoms with E-state index >= 15 is 0 Å². The van der Waals surface area contributed by atoms with E-state index in [1.54, 1.807) is 61.7 Å². The minimum absolute atomic E-state index is 0.0574. The van der Waals surface area contributed by atoms with Gasteiger partial charge < -0.3 is 19.2 Å². The summed E-state index contributed by atoms with van der Waals surface area (Å²) in [7, 11) is 1.57. The van der Waals surface area contributed by atoms with Crippen molar-refractivity contribution < 1.29 is 18.7 Å². The third kappa shape index (κ3) is 3.96. The largest absolute Gasteiger partial charge is 0.493 e. The quantitative estimate of drug-likeness (QED) is 0.496. The van der Waals surface area contributed by atoms with Crippen LogP contribution in [0.4, 0.5) is 5.69 Å². The molecule has 0 atom stereocenters. The standard InChI is InChI=1S/C23H17NO5/c1-27-20-8-4-5-9-21(20)28-17-12-10-16(11-13-17)24-22(25)18-14-15-6-2-3-7-19(15)29-23(18)26/h2-14H,1H3,(H,24,25). The highest BCUT2D eigenvalue weighted by Crippen LogP contribution is 2.31. The maximum atomic E-state index is 12.5. The van der Waals surface area contributed by atoms with E-state index in [-0.39, 0.29) is 5.56 Å². The summed E-state index contributed by atoms with van der Waals surface area (Å²) >= 11 is 0. The van der Waals surface area contributed by atoms with Gasteiger partial charge in [-0.15, -0.1) is 0 Å². The minimum Gasteiger partial charge on any atom is -0.493 e. The molecule has 0 aliphatic rings. The number of benzene rings is 3. The van der Waals surface area contributed by atoms with Gasteiger partial charge in [-0.2, -0.15) is 0 Å². The Balaban J connectivity index is 1.51. The van der Waals surface area contributed by atoms with E-state index in [2.05, 4.69) is 5.32 Å². The lowest BCUT2D eigenvalue weighted by Crippen LogP contribution is -2.20. The molecule has 0 fully saturated rings. The van der Waals surface area contributed by atoms with Gasteiger partial charge in [0.2, 0.25) is 0 Å². The zero-order valence-corrected chi connectivity index (χ0v) is 15.5. The molecule has 6 heteroatoms. The van der Waals surface area contributed by atoms with Crippen molar-refractivity contribution in [2.75, 3.05) is 12.4 Å². The number of amides is 1. The number of hydrogen-bond donors (Lipinski definition) is 1. The maximum Gasteiger partial charge on any atom is 0.349 e. The van der Waals surface area contributed by atoms with Crippen LogP contribution in [0.3, 0.4) is 0 Å². The molecule has 0 bridgehead atoms. The molecule has 0 aliphatic heterocycles. The second-order valence-corrected chi connectivity index (χ2v) is 6.22. The van der Waals surface area contributed by atoms with Crippen LogP contribution in [-0.4, -0.2) is 13.0 Å². The molecular weight excluding hydrogens is 370 g/mol. The number of carbonyl (C=O) groups is 1. The normalized spacial score (nSPS) is 10.5. The average Bonchev–Trinajstić information content (AvgIpc) is 2.75. The SMILES string of the molecule is COc1ccccc1Oc1ccc(NC(=O)c2cc3ccccc3oc2=O)cc1. The third-order valence-electron chi connectivity index (χ3n) is 4.30. The van der Waals surface area contributed by atoms with Gasteiger partial charge in [-0.1, -0.05) is 30.3 Å². The van der Waals surface area contributed by atoms with E-state index in [9.17, 15) is 9.59 Å². The Morgan fingerprint density at radius 3 is 2.34 bits per heavy atom. The summed E-state index contributed by atoms with van der Waals surface area (Å²) in [4.78, 5) is 24.6. The predicted molar refractivity (Wildman–Crippen MR) is 110 cm³/mol. The number of nitrogens with one attached hydrogen (secondary N) is 1. The molecule has 6 nitrogen and oxygen atoms in total. The van der Waals surface area contributed by atoms with Gasteiger partial charge in [-0.25, -0.2) is 4.79 Å². The van der Waals surface area contributed by atoms with Crippen LogP contribution in [0.25, 0.3) is 11.0 Å². The Labute approximate surface area is 166 Å². The highest BCUT2D eigenvalue weighted by Gasteiger charge is 2.14. The zero-order chi connectivity index (χ0) is 20.2. The Morgan fingerprint density at radius 2 is 1.59 bits per heavy atom. The first-order chi connectivity index (χ1) is 14.1. The van der Waals surface area contributed by atoms with E-state index in [0.29, 0.717) is 33.9 Å². The van der Waals surface area contributed by atoms with Crippen molar-refractivity contribution in [3.05, 3.63) is 94.8 Å². The van der Waals surface area contributed by atoms with Crippen molar-refractivity contribution in [2.24, 2.45) is 0 Å². The summed E-state index contributed by atoms with van der Waals surface area (Å²) in [5.41, 5.74) is 0.220. The first kappa shape index (κ1) is 18.3. The van der Waals surface area contributed by atoms with Crippen molar-refractivity contribution in [3.63, 3.8) is 0 Å². The van der Waals surface area contributed by atoms with Crippen LogP contribution in [0, 0.1) is 0 Å². The fourth-order valence-corrected chi connectivity index (χ4v) is 2.86. The van der Waals surface area contributed by atoms with Gasteiger partial charge in [0.05, 0.1) is 7.11 Å². The van der Waals surface area contributed by atoms with Crippen molar-refractivity contribution in [2.45, 2.75) is 0 Å². The summed E-state index contributed by atoms with van der Waals surface area (Å²) < 4.78 is 16.3. The molecule has 0 radical (unpaired) electrons. The average molecular weight is 387 g/mol. The molecule has 1 N–H and O–H groups in total. The first-order valence-electron chi connectivity index (χ1n) is 8.89. The van der Waals surface area contributed by atoms with E-state index in [1.807, 2.05) is 18.2 Å². The third-order valence-corrected chi connectivity index (χ3v) is 4.30. The van der Waals surface area contributed by atoms with Crippen LogP contribution < -0.4 is 20.4 Å². The van der Waals surface area contributed by atoms with Gasteiger partial charge in [0.15, 0.2) is 11.5 Å². The number of anilines is 1. The summed E-state index contributed by atoms with van der Waals surface area (Å²) in [6.07, 6.45) is 0. The molecule has 1 amide bonds. The zero-order valence-electron chi connectivity index (χ0n) is 15.5. The highest BCUT2D eigenvalue weighted by molar-refractivity contribution is 6.05. The lowest BCUT2D eigenvalue weighted by Gasteiger charge is -2.10. The van der Waals surface area contributed by atoms with Crippen molar-refractivity contribution >= 4 is 22.6 Å². The van der Waals surface area contributed by atoms with Crippen LogP contribution in [-0.2, 0) is 0 Å². The topological polar surface area (TPSA) is 77.8 Å². The molecule has 29 heavy (non-hydrogen) atoms. The van der Waals surface area contributed by atoms with E-state index in [4.69, 9.17) is 13.9 Å². The van der Waals surface area contributed by atoms with Gasteiger partial charge in [0.1, 0.15) is 16.9 Å². The Morgan fingerprint density at radius 1 is 0.897 bits per heavy atom. The lowest BCUT2D eigenvalue weighted by molar-refractivity contribution is 0.102. The summed E-state index contributed by atoms with van der Waals surface area (Å²) in [5, 5.41) is 3.38. The molecule has 0 saturated heterocycles. The summed E-state index contributed by atoms with van der Waals surface area (Å²) in [6.45, 7) is 0. The summed E-state index contributed by atoms with van der Waals surface area (Å²) in [6, 6.07) is 22.7. The maximum absolute atomic E-state index is 12.5. The van der Waals surface area contributed by atoms with Crippen LogP contribution in [0.15, 0.2) is 88.1 Å². The smallest absolute Gasteiger partial charge is 0.349 e. The van der Waals surface area contributed by atoms with Crippen LogP contribution in [0.1, 0.15) is 10.4 Å². The Hall–Kier alpha value is -4.06. The highest BCUT2D eigenvalue weighted by atomic mass is 16.5. The van der Waals surface area contributed by atoms with Crippen molar-refractivity contribution in [3.8, 4) is 17.2 Å². The second-order valence-electron chi connectivity index (χ2n) is 6.22. The molecule has 4 aromatic rings. The minimum atomic E-state index is -0.683. The molecule has 1 heterocycles. The molecule has 0 aliphatic carbocycles. The molecule has 3 aromatic carbocycles. The Bertz CT molecular complexity index is 1230. The molecule has 0 unspecified atom stereocenters. The van der Waals surface area contributed by atoms with Crippen LogP contribution in [0.5, 0.6) is 17.2 Å². The van der Waals surface area contributed by atoms with Gasteiger partial charge in [-0.05, 0) is 48.5 Å². The first-order valence-corrected chi connectivity index (χ1v) is 8.89. The van der Waals surface area contributed by atoms with E-state index in [1.165, 1.54) is 6.07 Å². The fourth-order valence-electron chi connectivity index (χ4n) is 2.86. The molecule has 0 spiro atoms. The number of ether oxygens (including phenoxy) is 2. The van der Waals surface area contributed by atoms with Crippen molar-refractivity contribution in [1.29, 1.82) is 0 Å². The van der Waals surface area contributed by atoms with Crippen LogP contribution >= 0.6 is 0 Å². The monoisotopic (exact) mass is 387 g/mol. The van der Waals surface area contributed by atoms with E-state index in [0.717, 1.165) is 0 Å². The van der Waals surface area contributed by atoms with Crippen LogP contribution in [0.2, 0.25) is 0 Å². The number of carbonyl (C=O) groups excluding carboxylic acids is 1. The predicted octanol–water partition coefficient (Wildman–Crippen LogP) is 4.85. The Kier molecular flexibility index (Phi) is 4.99.